The Hall–Kier alpha value is -2.16. The fourth-order valence-electron chi connectivity index (χ4n) is 2.86. The first-order valence-corrected chi connectivity index (χ1v) is 8.48. The molecule has 1 aromatic rings. The highest BCUT2D eigenvalue weighted by atomic mass is 79.9. The molecule has 0 N–H and O–H groups in total. The van der Waals surface area contributed by atoms with E-state index in [0.717, 1.165) is 0 Å². The first-order chi connectivity index (χ1) is 12.0. The predicted molar refractivity (Wildman–Crippen MR) is 90.4 cm³/mol. The molecular weight excluding hydrogens is 398 g/mol. The Bertz CT molecular complexity index is 734. The van der Waals surface area contributed by atoms with Crippen LogP contribution in [0.4, 0.5) is 0 Å². The number of hydrogen-bond donors (Lipinski definition) is 0. The molecule has 0 spiro atoms. The lowest BCUT2D eigenvalue weighted by Gasteiger charge is -2.21. The van der Waals surface area contributed by atoms with Gasteiger partial charge in [-0.25, -0.2) is 4.79 Å². The normalized spacial score (nSPS) is 20.8. The smallest absolute Gasteiger partial charge is 0.356 e. The number of esters is 1. The van der Waals surface area contributed by atoms with Gasteiger partial charge in [-0.3, -0.25) is 0 Å². The van der Waals surface area contributed by atoms with Crippen molar-refractivity contribution < 1.29 is 33.3 Å². The molecule has 0 amide bonds. The van der Waals surface area contributed by atoms with Crippen molar-refractivity contribution in [2.24, 2.45) is 11.1 Å². The Morgan fingerprint density at radius 2 is 1.88 bits per heavy atom. The molecule has 2 atom stereocenters. The molecule has 0 radical (unpaired) electrons. The number of ether oxygens (including phenoxy) is 5. The van der Waals surface area contributed by atoms with Crippen LogP contribution in [0, 0.1) is 5.92 Å². The van der Waals surface area contributed by atoms with E-state index in [9.17, 15) is 4.79 Å². The van der Waals surface area contributed by atoms with Crippen LogP contribution in [-0.2, 0) is 14.4 Å². The highest BCUT2D eigenvalue weighted by molar-refractivity contribution is 9.10. The largest absolute Gasteiger partial charge is 0.492 e. The molecule has 3 rings (SSSR count). The predicted octanol–water partition coefficient (Wildman–Crippen LogP) is 2.82. The summed E-state index contributed by atoms with van der Waals surface area (Å²) in [5.74, 6) is 0.931. The second-order valence-corrected chi connectivity index (χ2v) is 6.16. The lowest BCUT2D eigenvalue weighted by Crippen LogP contribution is -2.24. The SMILES string of the molecule is CCOC(=O)C1=NOC(c2c(Br)c(OC)c3c(c2OC)OCO3)C1C. The molecule has 0 aromatic heterocycles. The number of oxime groups is 1. The van der Waals surface area contributed by atoms with E-state index in [0.29, 0.717) is 33.0 Å². The van der Waals surface area contributed by atoms with Crippen LogP contribution >= 0.6 is 15.9 Å². The van der Waals surface area contributed by atoms with Crippen molar-refractivity contribution in [1.82, 2.24) is 0 Å². The van der Waals surface area contributed by atoms with Gasteiger partial charge < -0.3 is 28.5 Å². The van der Waals surface area contributed by atoms with Gasteiger partial charge in [0, 0.05) is 0 Å². The molecule has 2 heterocycles. The van der Waals surface area contributed by atoms with Crippen molar-refractivity contribution in [3.8, 4) is 23.0 Å². The van der Waals surface area contributed by atoms with Gasteiger partial charge in [-0.15, -0.1) is 0 Å². The van der Waals surface area contributed by atoms with E-state index < -0.39 is 12.1 Å². The minimum Gasteiger partial charge on any atom is -0.492 e. The minimum atomic E-state index is -0.577. The first-order valence-electron chi connectivity index (χ1n) is 7.68. The number of rotatable bonds is 5. The van der Waals surface area contributed by atoms with Crippen molar-refractivity contribution in [3.63, 3.8) is 0 Å². The number of halogens is 1. The fraction of sp³-hybridized carbons (Fsp3) is 0.500. The third-order valence-corrected chi connectivity index (χ3v) is 4.82. The molecule has 2 aliphatic rings. The van der Waals surface area contributed by atoms with Gasteiger partial charge in [0.2, 0.25) is 18.3 Å². The summed E-state index contributed by atoms with van der Waals surface area (Å²) in [6, 6.07) is 0. The van der Waals surface area contributed by atoms with Crippen LogP contribution in [0.1, 0.15) is 25.5 Å². The summed E-state index contributed by atoms with van der Waals surface area (Å²) < 4.78 is 27.6. The quantitative estimate of drug-likeness (QED) is 0.683. The van der Waals surface area contributed by atoms with Crippen molar-refractivity contribution in [1.29, 1.82) is 0 Å². The van der Waals surface area contributed by atoms with E-state index >= 15 is 0 Å². The highest BCUT2D eigenvalue weighted by Crippen LogP contribution is 2.57. The molecule has 0 aliphatic carbocycles. The zero-order valence-electron chi connectivity index (χ0n) is 14.3. The van der Waals surface area contributed by atoms with Crippen LogP contribution < -0.4 is 18.9 Å². The number of methoxy groups -OCH3 is 2. The second-order valence-electron chi connectivity index (χ2n) is 5.37. The molecule has 2 aliphatic heterocycles. The molecule has 1 aromatic carbocycles. The molecular formula is C16H18BrNO7. The Labute approximate surface area is 153 Å². The van der Waals surface area contributed by atoms with Crippen LogP contribution in [0.5, 0.6) is 23.0 Å². The van der Waals surface area contributed by atoms with Crippen LogP contribution in [0.15, 0.2) is 9.63 Å². The van der Waals surface area contributed by atoms with Crippen molar-refractivity contribution >= 4 is 27.6 Å². The first kappa shape index (κ1) is 17.7. The van der Waals surface area contributed by atoms with E-state index in [1.165, 1.54) is 14.2 Å². The monoisotopic (exact) mass is 415 g/mol. The van der Waals surface area contributed by atoms with Gasteiger partial charge in [0.1, 0.15) is 0 Å². The third kappa shape index (κ3) is 2.76. The van der Waals surface area contributed by atoms with Crippen LogP contribution in [0.2, 0.25) is 0 Å². The number of nitrogens with zero attached hydrogens (tertiary/aromatic N) is 1. The van der Waals surface area contributed by atoms with Gasteiger partial charge >= 0.3 is 5.97 Å². The van der Waals surface area contributed by atoms with E-state index in [2.05, 4.69) is 21.1 Å². The summed E-state index contributed by atoms with van der Waals surface area (Å²) in [6.07, 6.45) is -0.577. The van der Waals surface area contributed by atoms with E-state index in [1.54, 1.807) is 6.92 Å². The number of carbonyl (C=O) groups excluding carboxylic acids is 1. The third-order valence-electron chi connectivity index (χ3n) is 4.03. The highest BCUT2D eigenvalue weighted by Gasteiger charge is 2.42. The summed E-state index contributed by atoms with van der Waals surface area (Å²) in [6.45, 7) is 3.89. The average molecular weight is 416 g/mol. The van der Waals surface area contributed by atoms with Gasteiger partial charge in [-0.1, -0.05) is 12.1 Å². The maximum Gasteiger partial charge on any atom is 0.356 e. The second kappa shape index (κ2) is 6.99. The van der Waals surface area contributed by atoms with Gasteiger partial charge in [-0.2, -0.15) is 0 Å². The van der Waals surface area contributed by atoms with Gasteiger partial charge in [0.15, 0.2) is 23.3 Å². The molecule has 0 saturated carbocycles. The molecule has 0 saturated heterocycles. The number of benzene rings is 1. The van der Waals surface area contributed by atoms with E-state index in [-0.39, 0.29) is 25.0 Å². The maximum absolute atomic E-state index is 12.0. The van der Waals surface area contributed by atoms with E-state index in [1.807, 2.05) is 6.92 Å². The molecule has 2 unspecified atom stereocenters. The zero-order chi connectivity index (χ0) is 18.1. The standard InChI is InChI=1S/C16H18BrNO7/c1-5-22-16(19)10-7(2)11(25-18-10)8-9(17)13(21-4)15-14(12(8)20-3)23-6-24-15/h7,11H,5-6H2,1-4H3. The molecule has 0 bridgehead atoms. The van der Waals surface area contributed by atoms with Crippen LogP contribution in [0.3, 0.4) is 0 Å². The number of carbonyl (C=O) groups is 1. The molecule has 9 heteroatoms. The van der Waals surface area contributed by atoms with Gasteiger partial charge in [0.05, 0.1) is 36.8 Å². The van der Waals surface area contributed by atoms with Crippen LogP contribution in [0.25, 0.3) is 0 Å². The summed E-state index contributed by atoms with van der Waals surface area (Å²) in [7, 11) is 3.05. The Morgan fingerprint density at radius 3 is 2.48 bits per heavy atom. The Balaban J connectivity index is 2.05. The summed E-state index contributed by atoms with van der Waals surface area (Å²) in [5.41, 5.74) is 0.844. The molecule has 136 valence electrons. The number of fused-ring (bicyclic) bond motifs is 1. The van der Waals surface area contributed by atoms with E-state index in [4.69, 9.17) is 28.5 Å². The number of hydrogen-bond acceptors (Lipinski definition) is 8. The maximum atomic E-state index is 12.0. The molecule has 8 nitrogen and oxygen atoms in total. The fourth-order valence-corrected chi connectivity index (χ4v) is 3.61. The Kier molecular flexibility index (Phi) is 4.94. The molecule has 0 fully saturated rings. The Morgan fingerprint density at radius 1 is 1.24 bits per heavy atom. The van der Waals surface area contributed by atoms with Gasteiger partial charge in [-0.05, 0) is 22.9 Å². The van der Waals surface area contributed by atoms with Crippen molar-refractivity contribution in [3.05, 3.63) is 10.0 Å². The van der Waals surface area contributed by atoms with Crippen molar-refractivity contribution in [2.45, 2.75) is 20.0 Å². The summed E-state index contributed by atoms with van der Waals surface area (Å²) >= 11 is 3.52. The summed E-state index contributed by atoms with van der Waals surface area (Å²) in [5, 5.41) is 3.91. The lowest BCUT2D eigenvalue weighted by molar-refractivity contribution is -0.135. The van der Waals surface area contributed by atoms with Gasteiger partial charge in [0.25, 0.3) is 0 Å². The minimum absolute atomic E-state index is 0.0591. The van der Waals surface area contributed by atoms with Crippen molar-refractivity contribution in [2.75, 3.05) is 27.6 Å². The topological polar surface area (TPSA) is 84.8 Å². The summed E-state index contributed by atoms with van der Waals surface area (Å²) in [4.78, 5) is 17.6. The van der Waals surface area contributed by atoms with Crippen LogP contribution in [-0.4, -0.2) is 39.3 Å². The zero-order valence-corrected chi connectivity index (χ0v) is 15.8. The molecule has 25 heavy (non-hydrogen) atoms. The average Bonchev–Trinajstić information content (AvgIpc) is 3.21. The lowest BCUT2D eigenvalue weighted by atomic mass is 9.92.